The average Bonchev–Trinajstić information content (AvgIpc) is 1.86. The van der Waals surface area contributed by atoms with Gasteiger partial charge in [-0.2, -0.15) is 17.6 Å². The molecule has 66 valence electrons. The maximum absolute atomic E-state index is 12.5. The second-order valence-electron chi connectivity index (χ2n) is 3.22. The third kappa shape index (κ3) is 0.802. The second-order valence-corrected chi connectivity index (χ2v) is 3.22. The third-order valence-corrected chi connectivity index (χ3v) is 2.28. The van der Waals surface area contributed by atoms with Crippen LogP contribution in [0.4, 0.5) is 17.6 Å². The van der Waals surface area contributed by atoms with Gasteiger partial charge in [0.05, 0.1) is 5.41 Å². The summed E-state index contributed by atoms with van der Waals surface area (Å²) in [7, 11) is 0. The van der Waals surface area contributed by atoms with Crippen LogP contribution in [0, 0.1) is 5.41 Å². The third-order valence-electron chi connectivity index (χ3n) is 2.28. The van der Waals surface area contributed by atoms with Crippen molar-refractivity contribution in [2.45, 2.75) is 25.2 Å². The number of halogens is 4. The molecule has 11 heavy (non-hydrogen) atoms. The summed E-state index contributed by atoms with van der Waals surface area (Å²) in [6.07, 6.45) is -0.816. The minimum absolute atomic E-state index is 0.407. The standard InChI is InChI=1S/C6H9F4N/c1-4(3-11)2-5(7,8)6(4,9)10/h2-3,11H2,1H3. The van der Waals surface area contributed by atoms with Crippen molar-refractivity contribution >= 4 is 0 Å². The molecule has 0 radical (unpaired) electrons. The molecule has 0 bridgehead atoms. The largest absolute Gasteiger partial charge is 0.330 e. The number of alkyl halides is 4. The molecule has 0 saturated heterocycles. The van der Waals surface area contributed by atoms with Crippen molar-refractivity contribution in [3.63, 3.8) is 0 Å². The predicted octanol–water partition coefficient (Wildman–Crippen LogP) is 1.63. The lowest BCUT2D eigenvalue weighted by Gasteiger charge is -2.51. The Kier molecular flexibility index (Phi) is 1.50. The van der Waals surface area contributed by atoms with Crippen LogP contribution in [-0.4, -0.2) is 18.4 Å². The molecule has 1 saturated carbocycles. The van der Waals surface area contributed by atoms with Crippen LogP contribution in [0.5, 0.6) is 0 Å². The first kappa shape index (κ1) is 8.77. The minimum atomic E-state index is -3.94. The molecule has 1 unspecified atom stereocenters. The average molecular weight is 171 g/mol. The van der Waals surface area contributed by atoms with Gasteiger partial charge in [-0.1, -0.05) is 6.92 Å². The fraction of sp³-hybridized carbons (Fsp3) is 1.00. The van der Waals surface area contributed by atoms with E-state index in [0.717, 1.165) is 6.92 Å². The molecule has 0 aromatic carbocycles. The van der Waals surface area contributed by atoms with Crippen molar-refractivity contribution < 1.29 is 17.6 Å². The van der Waals surface area contributed by atoms with Crippen molar-refractivity contribution in [1.29, 1.82) is 0 Å². The van der Waals surface area contributed by atoms with E-state index in [1.807, 2.05) is 0 Å². The number of rotatable bonds is 1. The fourth-order valence-electron chi connectivity index (χ4n) is 1.25. The van der Waals surface area contributed by atoms with Crippen LogP contribution in [0.25, 0.3) is 0 Å². The first-order valence-electron chi connectivity index (χ1n) is 3.22. The molecule has 2 N–H and O–H groups in total. The minimum Gasteiger partial charge on any atom is -0.330 e. The van der Waals surface area contributed by atoms with Crippen LogP contribution in [0.1, 0.15) is 13.3 Å². The zero-order valence-electron chi connectivity index (χ0n) is 6.00. The molecule has 5 heteroatoms. The van der Waals surface area contributed by atoms with Gasteiger partial charge in [0.15, 0.2) is 0 Å². The van der Waals surface area contributed by atoms with Crippen molar-refractivity contribution in [3.05, 3.63) is 0 Å². The maximum Gasteiger partial charge on any atom is 0.316 e. The zero-order chi connectivity index (χ0) is 8.91. The Morgan fingerprint density at radius 2 is 1.73 bits per heavy atom. The fourth-order valence-corrected chi connectivity index (χ4v) is 1.25. The SMILES string of the molecule is CC1(CN)CC(F)(F)C1(F)F. The van der Waals surface area contributed by atoms with Crippen molar-refractivity contribution in [1.82, 2.24) is 0 Å². The van der Waals surface area contributed by atoms with Gasteiger partial charge in [-0.15, -0.1) is 0 Å². The van der Waals surface area contributed by atoms with E-state index in [9.17, 15) is 17.6 Å². The van der Waals surface area contributed by atoms with Crippen LogP contribution in [0.3, 0.4) is 0 Å². The summed E-state index contributed by atoms with van der Waals surface area (Å²) in [5.74, 6) is -7.80. The Labute approximate surface area is 61.6 Å². The van der Waals surface area contributed by atoms with Gasteiger partial charge in [0, 0.05) is 13.0 Å². The van der Waals surface area contributed by atoms with Gasteiger partial charge in [0.25, 0.3) is 0 Å². The Bertz CT molecular complexity index is 179. The van der Waals surface area contributed by atoms with Gasteiger partial charge < -0.3 is 5.73 Å². The van der Waals surface area contributed by atoms with Crippen molar-refractivity contribution in [3.8, 4) is 0 Å². The van der Waals surface area contributed by atoms with Crippen molar-refractivity contribution in [2.24, 2.45) is 11.1 Å². The highest BCUT2D eigenvalue weighted by Crippen LogP contribution is 2.62. The maximum atomic E-state index is 12.5. The smallest absolute Gasteiger partial charge is 0.316 e. The summed E-state index contributed by atoms with van der Waals surface area (Å²) < 4.78 is 49.5. The molecule has 1 rings (SSSR count). The molecular formula is C6H9F4N. The second kappa shape index (κ2) is 1.88. The molecular weight excluding hydrogens is 162 g/mol. The highest BCUT2D eigenvalue weighted by atomic mass is 19.3. The Morgan fingerprint density at radius 3 is 1.82 bits per heavy atom. The van der Waals surface area contributed by atoms with E-state index < -0.39 is 30.2 Å². The molecule has 0 spiro atoms. The lowest BCUT2D eigenvalue weighted by Crippen LogP contribution is -2.67. The van der Waals surface area contributed by atoms with Gasteiger partial charge in [0.2, 0.25) is 0 Å². The summed E-state index contributed by atoms with van der Waals surface area (Å²) in [5.41, 5.74) is 3.24. The molecule has 0 aromatic heterocycles. The molecule has 1 aliphatic carbocycles. The Balaban J connectivity index is 2.84. The van der Waals surface area contributed by atoms with E-state index in [1.54, 1.807) is 0 Å². The highest BCUT2D eigenvalue weighted by molar-refractivity contribution is 5.11. The predicted molar refractivity (Wildman–Crippen MR) is 31.7 cm³/mol. The normalized spacial score (nSPS) is 39.8. The lowest BCUT2D eigenvalue weighted by molar-refractivity contribution is -0.349. The van der Waals surface area contributed by atoms with Gasteiger partial charge in [-0.25, -0.2) is 0 Å². The molecule has 1 nitrogen and oxygen atoms in total. The molecule has 1 atom stereocenters. The van der Waals surface area contributed by atoms with Gasteiger partial charge in [-0.05, 0) is 0 Å². The van der Waals surface area contributed by atoms with E-state index >= 15 is 0 Å². The van der Waals surface area contributed by atoms with E-state index in [2.05, 4.69) is 0 Å². The zero-order valence-corrected chi connectivity index (χ0v) is 6.00. The Hall–Kier alpha value is -0.320. The molecule has 1 fully saturated rings. The summed E-state index contributed by atoms with van der Waals surface area (Å²) in [6.45, 7) is 0.667. The Morgan fingerprint density at radius 1 is 1.27 bits per heavy atom. The number of hydrogen-bond acceptors (Lipinski definition) is 1. The molecule has 0 heterocycles. The van der Waals surface area contributed by atoms with Gasteiger partial charge >= 0.3 is 11.8 Å². The van der Waals surface area contributed by atoms with Gasteiger partial charge in [0.1, 0.15) is 0 Å². The van der Waals surface area contributed by atoms with Gasteiger partial charge in [-0.3, -0.25) is 0 Å². The summed E-state index contributed by atoms with van der Waals surface area (Å²) >= 11 is 0. The van der Waals surface area contributed by atoms with Crippen LogP contribution in [0.2, 0.25) is 0 Å². The van der Waals surface area contributed by atoms with Crippen LogP contribution in [-0.2, 0) is 0 Å². The number of hydrogen-bond donors (Lipinski definition) is 1. The summed E-state index contributed by atoms with van der Waals surface area (Å²) in [6, 6.07) is 0. The summed E-state index contributed by atoms with van der Waals surface area (Å²) in [4.78, 5) is 0. The van der Waals surface area contributed by atoms with Crippen LogP contribution in [0.15, 0.2) is 0 Å². The highest BCUT2D eigenvalue weighted by Gasteiger charge is 2.77. The monoisotopic (exact) mass is 171 g/mol. The van der Waals surface area contributed by atoms with E-state index in [1.165, 1.54) is 0 Å². The first-order valence-corrected chi connectivity index (χ1v) is 3.22. The summed E-state index contributed by atoms with van der Waals surface area (Å²) in [5, 5.41) is 0. The van der Waals surface area contributed by atoms with E-state index in [4.69, 9.17) is 5.73 Å². The first-order chi connectivity index (χ1) is 4.77. The van der Waals surface area contributed by atoms with Crippen LogP contribution >= 0.6 is 0 Å². The quantitative estimate of drug-likeness (QED) is 0.596. The molecule has 0 aliphatic heterocycles. The van der Waals surface area contributed by atoms with Crippen LogP contribution < -0.4 is 5.73 Å². The van der Waals surface area contributed by atoms with Crippen molar-refractivity contribution in [2.75, 3.05) is 6.54 Å². The lowest BCUT2D eigenvalue weighted by atomic mass is 9.64. The van der Waals surface area contributed by atoms with E-state index in [0.29, 0.717) is 0 Å². The molecule has 0 amide bonds. The molecule has 1 aliphatic rings. The molecule has 0 aromatic rings. The number of nitrogens with two attached hydrogens (primary N) is 1. The van der Waals surface area contributed by atoms with E-state index in [-0.39, 0.29) is 0 Å². The topological polar surface area (TPSA) is 26.0 Å².